The van der Waals surface area contributed by atoms with Crippen molar-refractivity contribution in [3.63, 3.8) is 0 Å². The minimum Gasteiger partial charge on any atom is -0.443 e. The summed E-state index contributed by atoms with van der Waals surface area (Å²) < 4.78 is 5.17. The summed E-state index contributed by atoms with van der Waals surface area (Å²) in [5.74, 6) is 0. The normalized spacial score (nSPS) is 21.5. The molecule has 0 saturated heterocycles. The number of carbonyl (C=O) groups excluding carboxylic acids is 2. The van der Waals surface area contributed by atoms with E-state index in [4.69, 9.17) is 10.5 Å². The highest BCUT2D eigenvalue weighted by Gasteiger charge is 2.36. The molecule has 1 aromatic rings. The molecule has 0 bridgehead atoms. The molecule has 1 aliphatic rings. The molecule has 2 rings (SSSR count). The summed E-state index contributed by atoms with van der Waals surface area (Å²) in [4.78, 5) is 25.0. The molecule has 118 valence electrons. The zero-order valence-corrected chi connectivity index (χ0v) is 13.2. The average Bonchev–Trinajstić information content (AvgIpc) is 2.36. The number of amides is 3. The van der Waals surface area contributed by atoms with Gasteiger partial charge in [0.15, 0.2) is 0 Å². The Morgan fingerprint density at radius 1 is 1.27 bits per heavy atom. The molecule has 6 nitrogen and oxygen atoms in total. The second-order valence-corrected chi connectivity index (χ2v) is 6.33. The van der Waals surface area contributed by atoms with Gasteiger partial charge in [-0.3, -0.25) is 0 Å². The molecule has 0 saturated carbocycles. The Bertz CT molecular complexity index is 617. The molecule has 3 amide bonds. The van der Waals surface area contributed by atoms with Crippen molar-refractivity contribution in [3.05, 3.63) is 47.7 Å². The number of rotatable bonds is 1. The van der Waals surface area contributed by atoms with Crippen LogP contribution in [0.25, 0.3) is 0 Å². The first-order chi connectivity index (χ1) is 10.1. The molecular weight excluding hydrogens is 282 g/mol. The van der Waals surface area contributed by atoms with Crippen LogP contribution in [0.5, 0.6) is 0 Å². The summed E-state index contributed by atoms with van der Waals surface area (Å²) >= 11 is 0. The van der Waals surface area contributed by atoms with Crippen LogP contribution in [0, 0.1) is 6.92 Å². The fourth-order valence-electron chi connectivity index (χ4n) is 1.99. The maximum absolute atomic E-state index is 12.2. The van der Waals surface area contributed by atoms with Gasteiger partial charge < -0.3 is 15.8 Å². The number of aryl methyl sites for hydroxylation is 1. The van der Waals surface area contributed by atoms with E-state index in [1.165, 1.54) is 6.20 Å². The quantitative estimate of drug-likeness (QED) is 0.835. The molecule has 1 atom stereocenters. The van der Waals surface area contributed by atoms with E-state index in [1.54, 1.807) is 26.8 Å². The molecule has 1 heterocycles. The first-order valence-electron chi connectivity index (χ1n) is 7.00. The smallest absolute Gasteiger partial charge is 0.422 e. The van der Waals surface area contributed by atoms with Gasteiger partial charge in [0.2, 0.25) is 0 Å². The van der Waals surface area contributed by atoms with E-state index < -0.39 is 23.4 Å². The van der Waals surface area contributed by atoms with Crippen molar-refractivity contribution in [2.45, 2.75) is 39.0 Å². The minimum absolute atomic E-state index is 0.625. The second-order valence-electron chi connectivity index (χ2n) is 6.33. The Hall–Kier alpha value is -2.34. The molecular formula is C16H21N3O3. The van der Waals surface area contributed by atoms with Crippen LogP contribution >= 0.6 is 0 Å². The van der Waals surface area contributed by atoms with Crippen molar-refractivity contribution < 1.29 is 14.3 Å². The summed E-state index contributed by atoms with van der Waals surface area (Å²) in [5.41, 5.74) is 6.20. The molecule has 22 heavy (non-hydrogen) atoms. The van der Waals surface area contributed by atoms with Crippen LogP contribution in [-0.2, 0) is 10.4 Å². The molecule has 0 radical (unpaired) electrons. The largest absolute Gasteiger partial charge is 0.443 e. The van der Waals surface area contributed by atoms with E-state index in [1.807, 2.05) is 31.2 Å². The van der Waals surface area contributed by atoms with Crippen LogP contribution in [-0.4, -0.2) is 22.6 Å². The Morgan fingerprint density at radius 2 is 1.86 bits per heavy atom. The third kappa shape index (κ3) is 3.46. The molecule has 0 spiro atoms. The second kappa shape index (κ2) is 5.46. The van der Waals surface area contributed by atoms with Crippen LogP contribution in [0.3, 0.4) is 0 Å². The van der Waals surface area contributed by atoms with E-state index in [0.29, 0.717) is 0 Å². The highest BCUT2D eigenvalue weighted by atomic mass is 16.6. The first kappa shape index (κ1) is 16.0. The third-order valence-electron chi connectivity index (χ3n) is 3.14. The number of nitrogens with one attached hydrogen (secondary N) is 1. The van der Waals surface area contributed by atoms with Crippen LogP contribution < -0.4 is 11.1 Å². The highest BCUT2D eigenvalue weighted by molar-refractivity contribution is 5.93. The summed E-state index contributed by atoms with van der Waals surface area (Å²) in [6, 6.07) is 6.86. The van der Waals surface area contributed by atoms with Crippen molar-refractivity contribution in [2.24, 2.45) is 5.73 Å². The van der Waals surface area contributed by atoms with Gasteiger partial charge in [-0.05, 0) is 39.3 Å². The molecule has 1 aromatic carbocycles. The van der Waals surface area contributed by atoms with E-state index in [2.05, 4.69) is 5.32 Å². The van der Waals surface area contributed by atoms with Gasteiger partial charge in [-0.15, -0.1) is 0 Å². The molecule has 0 aromatic heterocycles. The van der Waals surface area contributed by atoms with Crippen molar-refractivity contribution in [1.29, 1.82) is 0 Å². The van der Waals surface area contributed by atoms with Crippen molar-refractivity contribution in [1.82, 2.24) is 10.2 Å². The predicted octanol–water partition coefficient (Wildman–Crippen LogP) is 2.58. The summed E-state index contributed by atoms with van der Waals surface area (Å²) in [6.45, 7) is 7.16. The zero-order chi connectivity index (χ0) is 16.5. The molecule has 0 fully saturated rings. The fourth-order valence-corrected chi connectivity index (χ4v) is 1.99. The highest BCUT2D eigenvalue weighted by Crippen LogP contribution is 2.22. The van der Waals surface area contributed by atoms with Crippen molar-refractivity contribution in [2.75, 3.05) is 0 Å². The SMILES string of the molecule is Cc1ccc(C2(N)C=CN(C(=O)OC(C)(C)C)C(=O)N2)cc1. The van der Waals surface area contributed by atoms with Crippen molar-refractivity contribution in [3.8, 4) is 0 Å². The van der Waals surface area contributed by atoms with E-state index in [-0.39, 0.29) is 0 Å². The van der Waals surface area contributed by atoms with Gasteiger partial charge in [-0.1, -0.05) is 29.8 Å². The Morgan fingerprint density at radius 3 is 2.36 bits per heavy atom. The van der Waals surface area contributed by atoms with Crippen LogP contribution in [0.4, 0.5) is 9.59 Å². The standard InChI is InChI=1S/C16H21N3O3/c1-11-5-7-12(8-6-11)16(17)9-10-19(13(20)18-16)14(21)22-15(2,3)4/h5-10H,17H2,1-4H3,(H,18,20). The minimum atomic E-state index is -1.15. The van der Waals surface area contributed by atoms with Gasteiger partial charge in [0.05, 0.1) is 0 Å². The number of imide groups is 1. The molecule has 0 aliphatic carbocycles. The molecule has 6 heteroatoms. The molecule has 1 aliphatic heterocycles. The van der Waals surface area contributed by atoms with Gasteiger partial charge in [-0.2, -0.15) is 0 Å². The number of carbonyl (C=O) groups is 2. The van der Waals surface area contributed by atoms with Crippen molar-refractivity contribution >= 4 is 12.1 Å². The fraction of sp³-hybridized carbons (Fsp3) is 0.375. The van der Waals surface area contributed by atoms with Crippen LogP contribution in [0.1, 0.15) is 31.9 Å². The monoisotopic (exact) mass is 303 g/mol. The maximum atomic E-state index is 12.2. The zero-order valence-electron chi connectivity index (χ0n) is 13.2. The summed E-state index contributed by atoms with van der Waals surface area (Å²) in [5, 5.41) is 2.62. The number of hydrogen-bond donors (Lipinski definition) is 2. The van der Waals surface area contributed by atoms with Crippen LogP contribution in [0.15, 0.2) is 36.5 Å². The average molecular weight is 303 g/mol. The molecule has 1 unspecified atom stereocenters. The van der Waals surface area contributed by atoms with Gasteiger partial charge in [0.1, 0.15) is 11.3 Å². The summed E-state index contributed by atoms with van der Waals surface area (Å²) in [7, 11) is 0. The van der Waals surface area contributed by atoms with Gasteiger partial charge in [0, 0.05) is 6.20 Å². The number of benzene rings is 1. The lowest BCUT2D eigenvalue weighted by Crippen LogP contribution is -2.59. The predicted molar refractivity (Wildman–Crippen MR) is 82.8 cm³/mol. The maximum Gasteiger partial charge on any atom is 0.422 e. The Balaban J connectivity index is 2.22. The first-order valence-corrected chi connectivity index (χ1v) is 7.00. The number of nitrogens with two attached hydrogens (primary N) is 1. The Kier molecular flexibility index (Phi) is 3.98. The third-order valence-corrected chi connectivity index (χ3v) is 3.14. The number of urea groups is 1. The topological polar surface area (TPSA) is 84.7 Å². The lowest BCUT2D eigenvalue weighted by atomic mass is 9.98. The van der Waals surface area contributed by atoms with E-state index in [9.17, 15) is 9.59 Å². The lowest BCUT2D eigenvalue weighted by Gasteiger charge is -2.35. The van der Waals surface area contributed by atoms with Gasteiger partial charge in [0.25, 0.3) is 0 Å². The summed E-state index contributed by atoms with van der Waals surface area (Å²) in [6.07, 6.45) is 2.16. The number of ether oxygens (including phenoxy) is 1. The Labute approximate surface area is 129 Å². The lowest BCUT2D eigenvalue weighted by molar-refractivity contribution is 0.0375. The number of hydrogen-bond acceptors (Lipinski definition) is 4. The van der Waals surface area contributed by atoms with E-state index >= 15 is 0 Å². The van der Waals surface area contributed by atoms with Crippen LogP contribution in [0.2, 0.25) is 0 Å². The van der Waals surface area contributed by atoms with Gasteiger partial charge in [-0.25, -0.2) is 14.5 Å². The van der Waals surface area contributed by atoms with E-state index in [0.717, 1.165) is 16.0 Å². The molecule has 3 N–H and O–H groups in total. The van der Waals surface area contributed by atoms with Gasteiger partial charge >= 0.3 is 12.1 Å². The number of nitrogens with zero attached hydrogens (tertiary/aromatic N) is 1.